The molecular weight excluding hydrogens is 218 g/mol. The molecule has 2 rings (SSSR count). The number of carbonyl (C=O) groups is 1. The number of ether oxygens (including phenoxy) is 1. The summed E-state index contributed by atoms with van der Waals surface area (Å²) < 4.78 is 5.70. The number of nitrogens with one attached hydrogen (secondary N) is 1. The fraction of sp³-hybridized carbons (Fsp3) is 0.667. The Hall–Kier alpha value is -1.36. The molecule has 2 atom stereocenters. The van der Waals surface area contributed by atoms with Crippen molar-refractivity contribution in [1.29, 1.82) is 0 Å². The highest BCUT2D eigenvalue weighted by atomic mass is 16.5. The third kappa shape index (κ3) is 2.07. The van der Waals surface area contributed by atoms with Crippen LogP contribution in [0.15, 0.2) is 0 Å². The minimum absolute atomic E-state index is 0.0188. The van der Waals surface area contributed by atoms with E-state index in [1.54, 1.807) is 11.9 Å². The van der Waals surface area contributed by atoms with Crippen molar-refractivity contribution in [2.45, 2.75) is 39.4 Å². The van der Waals surface area contributed by atoms with Gasteiger partial charge in [0.05, 0.1) is 17.9 Å². The molecular formula is C12H19N3O2. The van der Waals surface area contributed by atoms with Gasteiger partial charge in [-0.2, -0.15) is 5.10 Å². The molecule has 2 heterocycles. The van der Waals surface area contributed by atoms with Gasteiger partial charge in [0.15, 0.2) is 5.69 Å². The second kappa shape index (κ2) is 4.49. The van der Waals surface area contributed by atoms with E-state index in [1.807, 2.05) is 20.8 Å². The molecule has 1 aliphatic heterocycles. The SMILES string of the molecule is CCN(C)C(=O)c1n[nH]c2c1C[C@H](C)O[C@@H]2C. The summed E-state index contributed by atoms with van der Waals surface area (Å²) in [4.78, 5) is 13.8. The van der Waals surface area contributed by atoms with Crippen molar-refractivity contribution in [2.24, 2.45) is 0 Å². The number of amides is 1. The van der Waals surface area contributed by atoms with Gasteiger partial charge in [-0.15, -0.1) is 0 Å². The smallest absolute Gasteiger partial charge is 0.274 e. The first-order valence-electron chi connectivity index (χ1n) is 6.02. The molecule has 5 nitrogen and oxygen atoms in total. The van der Waals surface area contributed by atoms with Gasteiger partial charge in [0.1, 0.15) is 0 Å². The van der Waals surface area contributed by atoms with Crippen LogP contribution in [-0.2, 0) is 11.2 Å². The monoisotopic (exact) mass is 237 g/mol. The van der Waals surface area contributed by atoms with Crippen LogP contribution < -0.4 is 0 Å². The van der Waals surface area contributed by atoms with Crippen molar-refractivity contribution in [3.63, 3.8) is 0 Å². The zero-order chi connectivity index (χ0) is 12.6. The molecule has 1 N–H and O–H groups in total. The van der Waals surface area contributed by atoms with Crippen LogP contribution in [0.2, 0.25) is 0 Å². The predicted molar refractivity (Wildman–Crippen MR) is 63.9 cm³/mol. The standard InChI is InChI=1S/C12H19N3O2/c1-5-15(4)12(16)11-9-6-7(2)17-8(3)10(9)13-14-11/h7-8H,5-6H2,1-4H3,(H,13,14)/t7-,8+/m0/s1. The van der Waals surface area contributed by atoms with Gasteiger partial charge in [-0.1, -0.05) is 0 Å². The molecule has 0 radical (unpaired) electrons. The van der Waals surface area contributed by atoms with Crippen LogP contribution in [-0.4, -0.2) is 40.7 Å². The highest BCUT2D eigenvalue weighted by Crippen LogP contribution is 2.30. The van der Waals surface area contributed by atoms with Gasteiger partial charge in [0, 0.05) is 25.6 Å². The van der Waals surface area contributed by atoms with Crippen LogP contribution in [0, 0.1) is 0 Å². The summed E-state index contributed by atoms with van der Waals surface area (Å²) in [6.45, 7) is 6.63. The van der Waals surface area contributed by atoms with E-state index in [2.05, 4.69) is 10.2 Å². The van der Waals surface area contributed by atoms with Gasteiger partial charge >= 0.3 is 0 Å². The third-order valence-electron chi connectivity index (χ3n) is 3.26. The van der Waals surface area contributed by atoms with E-state index in [0.29, 0.717) is 12.2 Å². The Morgan fingerprint density at radius 2 is 2.29 bits per heavy atom. The first-order chi connectivity index (χ1) is 8.04. The Bertz CT molecular complexity index is 427. The molecule has 1 aliphatic rings. The first-order valence-corrected chi connectivity index (χ1v) is 6.02. The fourth-order valence-corrected chi connectivity index (χ4v) is 2.17. The molecule has 0 saturated heterocycles. The zero-order valence-corrected chi connectivity index (χ0v) is 10.8. The molecule has 5 heteroatoms. The van der Waals surface area contributed by atoms with E-state index in [4.69, 9.17) is 4.74 Å². The van der Waals surface area contributed by atoms with E-state index >= 15 is 0 Å². The van der Waals surface area contributed by atoms with Crippen molar-refractivity contribution >= 4 is 5.91 Å². The third-order valence-corrected chi connectivity index (χ3v) is 3.26. The number of carbonyl (C=O) groups excluding carboxylic acids is 1. The second-order valence-electron chi connectivity index (χ2n) is 4.58. The molecule has 0 spiro atoms. The first kappa shape index (κ1) is 12.1. The summed E-state index contributed by atoms with van der Waals surface area (Å²) in [5.41, 5.74) is 2.50. The number of H-pyrrole nitrogens is 1. The van der Waals surface area contributed by atoms with Gasteiger partial charge in [0.2, 0.25) is 0 Å². The van der Waals surface area contributed by atoms with Crippen molar-refractivity contribution in [1.82, 2.24) is 15.1 Å². The Balaban J connectivity index is 2.35. The highest BCUT2D eigenvalue weighted by Gasteiger charge is 2.30. The minimum atomic E-state index is -0.0219. The maximum Gasteiger partial charge on any atom is 0.274 e. The second-order valence-corrected chi connectivity index (χ2v) is 4.58. The number of hydrogen-bond donors (Lipinski definition) is 1. The van der Waals surface area contributed by atoms with Crippen molar-refractivity contribution in [3.8, 4) is 0 Å². The molecule has 1 amide bonds. The summed E-state index contributed by atoms with van der Waals surface area (Å²) in [6.07, 6.45) is 0.859. The molecule has 0 saturated carbocycles. The van der Waals surface area contributed by atoms with Crippen LogP contribution in [0.4, 0.5) is 0 Å². The van der Waals surface area contributed by atoms with E-state index in [0.717, 1.165) is 17.7 Å². The van der Waals surface area contributed by atoms with Crippen LogP contribution >= 0.6 is 0 Å². The molecule has 1 aromatic heterocycles. The summed E-state index contributed by atoms with van der Waals surface area (Å²) in [7, 11) is 1.79. The molecule has 1 aromatic rings. The van der Waals surface area contributed by atoms with Crippen molar-refractivity contribution in [2.75, 3.05) is 13.6 Å². The lowest BCUT2D eigenvalue weighted by Gasteiger charge is -2.25. The van der Waals surface area contributed by atoms with Crippen LogP contribution in [0.25, 0.3) is 0 Å². The molecule has 17 heavy (non-hydrogen) atoms. The minimum Gasteiger partial charge on any atom is -0.369 e. The molecule has 0 aromatic carbocycles. The highest BCUT2D eigenvalue weighted by molar-refractivity contribution is 5.93. The van der Waals surface area contributed by atoms with E-state index in [-0.39, 0.29) is 18.1 Å². The Labute approximate surface area is 101 Å². The van der Waals surface area contributed by atoms with Gasteiger partial charge < -0.3 is 9.64 Å². The van der Waals surface area contributed by atoms with E-state index < -0.39 is 0 Å². The van der Waals surface area contributed by atoms with E-state index in [1.165, 1.54) is 0 Å². The Kier molecular flexibility index (Phi) is 3.19. The topological polar surface area (TPSA) is 58.2 Å². The lowest BCUT2D eigenvalue weighted by atomic mass is 9.99. The predicted octanol–water partition coefficient (Wildman–Crippen LogP) is 1.52. The number of nitrogens with zero attached hydrogens (tertiary/aromatic N) is 2. The maximum atomic E-state index is 12.1. The zero-order valence-electron chi connectivity index (χ0n) is 10.8. The number of fused-ring (bicyclic) bond motifs is 1. The number of rotatable bonds is 2. The van der Waals surface area contributed by atoms with Gasteiger partial charge in [-0.05, 0) is 20.8 Å². The summed E-state index contributed by atoms with van der Waals surface area (Å²) in [5, 5.41) is 7.09. The van der Waals surface area contributed by atoms with Gasteiger partial charge in [-0.3, -0.25) is 9.89 Å². The van der Waals surface area contributed by atoms with Crippen LogP contribution in [0.1, 0.15) is 48.6 Å². The average Bonchev–Trinajstić information content (AvgIpc) is 2.70. The average molecular weight is 237 g/mol. The van der Waals surface area contributed by atoms with Crippen molar-refractivity contribution < 1.29 is 9.53 Å². The van der Waals surface area contributed by atoms with E-state index in [9.17, 15) is 4.79 Å². The lowest BCUT2D eigenvalue weighted by Crippen LogP contribution is -2.29. The van der Waals surface area contributed by atoms with Gasteiger partial charge in [0.25, 0.3) is 5.91 Å². The Morgan fingerprint density at radius 1 is 1.59 bits per heavy atom. The van der Waals surface area contributed by atoms with Gasteiger partial charge in [-0.25, -0.2) is 0 Å². The molecule has 0 bridgehead atoms. The number of aromatic nitrogens is 2. The quantitative estimate of drug-likeness (QED) is 0.848. The lowest BCUT2D eigenvalue weighted by molar-refractivity contribution is -0.00701. The molecule has 0 unspecified atom stereocenters. The largest absolute Gasteiger partial charge is 0.369 e. The number of aromatic amines is 1. The molecule has 0 aliphatic carbocycles. The molecule has 0 fully saturated rings. The summed E-state index contributed by atoms with van der Waals surface area (Å²) >= 11 is 0. The summed E-state index contributed by atoms with van der Waals surface area (Å²) in [5.74, 6) is -0.0219. The van der Waals surface area contributed by atoms with Crippen LogP contribution in [0.3, 0.4) is 0 Å². The Morgan fingerprint density at radius 3 is 2.94 bits per heavy atom. The van der Waals surface area contributed by atoms with Crippen molar-refractivity contribution in [3.05, 3.63) is 17.0 Å². The maximum absolute atomic E-state index is 12.1. The molecule has 94 valence electrons. The normalized spacial score (nSPS) is 23.3. The fourth-order valence-electron chi connectivity index (χ4n) is 2.17. The number of hydrogen-bond acceptors (Lipinski definition) is 3. The summed E-state index contributed by atoms with van der Waals surface area (Å²) in [6, 6.07) is 0. The van der Waals surface area contributed by atoms with Crippen LogP contribution in [0.5, 0.6) is 0 Å².